The van der Waals surface area contributed by atoms with Gasteiger partial charge in [-0.25, -0.2) is 13.8 Å². The van der Waals surface area contributed by atoms with Crippen LogP contribution in [-0.2, 0) is 17.6 Å². The van der Waals surface area contributed by atoms with Crippen molar-refractivity contribution in [2.45, 2.75) is 92.4 Å². The van der Waals surface area contributed by atoms with Crippen LogP contribution in [0, 0.1) is 23.0 Å². The van der Waals surface area contributed by atoms with Crippen molar-refractivity contribution in [1.29, 1.82) is 0 Å². The van der Waals surface area contributed by atoms with Gasteiger partial charge in [-0.3, -0.25) is 9.79 Å². The van der Waals surface area contributed by atoms with Gasteiger partial charge in [-0.15, -0.1) is 0 Å². The first-order valence-electron chi connectivity index (χ1n) is 14.9. The third-order valence-electron chi connectivity index (χ3n) is 8.00. The summed E-state index contributed by atoms with van der Waals surface area (Å²) in [6, 6.07) is 9.49. The van der Waals surface area contributed by atoms with Gasteiger partial charge in [-0.2, -0.15) is 0 Å². The molecule has 2 aliphatic carbocycles. The Balaban J connectivity index is 0.00000226. The minimum absolute atomic E-state index is 0.0753. The smallest absolute Gasteiger partial charge is 0.229 e. The Hall–Kier alpha value is -3.35. The number of benzene rings is 2. The number of allylic oxidation sites excluding steroid dienone is 1. The Bertz CT molecular complexity index is 1300. The molecule has 2 aliphatic rings. The summed E-state index contributed by atoms with van der Waals surface area (Å²) in [5, 5.41) is 2.79. The third kappa shape index (κ3) is 8.82. The molecule has 1 N–H and O–H groups in total. The van der Waals surface area contributed by atoms with Crippen LogP contribution in [0.2, 0.25) is 0 Å². The summed E-state index contributed by atoms with van der Waals surface area (Å²) in [6.45, 7) is 10.4. The molecule has 0 aromatic heterocycles. The molecule has 222 valence electrons. The van der Waals surface area contributed by atoms with Crippen molar-refractivity contribution in [1.82, 2.24) is 5.32 Å². The van der Waals surface area contributed by atoms with Crippen LogP contribution in [0.4, 0.5) is 8.78 Å². The van der Waals surface area contributed by atoms with Gasteiger partial charge in [0.15, 0.2) is 11.6 Å². The van der Waals surface area contributed by atoms with Crippen molar-refractivity contribution in [3.8, 4) is 5.75 Å². The monoisotopic (exact) mass is 565 g/mol. The lowest BCUT2D eigenvalue weighted by Crippen LogP contribution is -2.30. The standard InChI is InChI=1S/C32H39F2N3O2.C2H6/c1-5-22-7-6-14-32(3,20-22)15-16-35-31-26-11-10-25(39-4)19-24(26)9-13-29(31)36-21(2)37-30(38)18-23-8-12-27(33)28(34)17-23;1-2/h8,10-12,16-17,19,22H,5-7,9,13-15,18,20H2,1-4H3,(H,36,37,38);1-2H3. The number of amidine groups is 1. The quantitative estimate of drug-likeness (QED) is 0.258. The van der Waals surface area contributed by atoms with Gasteiger partial charge in [0.25, 0.3) is 0 Å². The van der Waals surface area contributed by atoms with Gasteiger partial charge >= 0.3 is 0 Å². The van der Waals surface area contributed by atoms with Crippen LogP contribution in [0.25, 0.3) is 5.70 Å². The number of carbonyl (C=O) groups excluding carboxylic acids is 1. The number of hydrogen-bond donors (Lipinski definition) is 1. The van der Waals surface area contributed by atoms with Gasteiger partial charge in [0, 0.05) is 11.8 Å². The number of aliphatic imine (C=N–C) groups is 2. The van der Waals surface area contributed by atoms with Crippen LogP contribution in [0.1, 0.15) is 96.3 Å². The lowest BCUT2D eigenvalue weighted by Gasteiger charge is -2.37. The molecule has 2 atom stereocenters. The molecule has 5 nitrogen and oxygen atoms in total. The van der Waals surface area contributed by atoms with E-state index in [1.165, 1.54) is 38.2 Å². The van der Waals surface area contributed by atoms with E-state index in [1.54, 1.807) is 14.0 Å². The number of ether oxygens (including phenoxy) is 1. The molecule has 0 saturated heterocycles. The molecular formula is C34H45F2N3O2. The summed E-state index contributed by atoms with van der Waals surface area (Å²) in [6.07, 6.45) is 10.6. The Morgan fingerprint density at radius 3 is 2.63 bits per heavy atom. The second kappa shape index (κ2) is 15.0. The average Bonchev–Trinajstić information content (AvgIpc) is 2.96. The molecule has 2 aromatic carbocycles. The lowest BCUT2D eigenvalue weighted by atomic mass is 9.68. The van der Waals surface area contributed by atoms with Gasteiger partial charge < -0.3 is 10.1 Å². The molecule has 1 fully saturated rings. The molecule has 41 heavy (non-hydrogen) atoms. The van der Waals surface area contributed by atoms with Crippen molar-refractivity contribution < 1.29 is 18.3 Å². The number of rotatable bonds is 8. The first-order valence-corrected chi connectivity index (χ1v) is 14.9. The Kier molecular flexibility index (Phi) is 11.8. The van der Waals surface area contributed by atoms with Crippen molar-refractivity contribution in [2.75, 3.05) is 7.11 Å². The maximum Gasteiger partial charge on any atom is 0.229 e. The Morgan fingerprint density at radius 1 is 1.15 bits per heavy atom. The maximum absolute atomic E-state index is 13.5. The summed E-state index contributed by atoms with van der Waals surface area (Å²) in [5.41, 5.74) is 4.47. The number of methoxy groups -OCH3 is 1. The first-order chi connectivity index (χ1) is 19.7. The van der Waals surface area contributed by atoms with E-state index in [4.69, 9.17) is 14.7 Å². The van der Waals surface area contributed by atoms with Crippen LogP contribution in [0.3, 0.4) is 0 Å². The SMILES string of the molecule is CC.CCC1CCCC(C)(CC=NC2=C(N=C(C)NC(=O)Cc3ccc(F)c(F)c3)CCc3cc(OC)ccc32)C1. The van der Waals surface area contributed by atoms with Gasteiger partial charge in [0.05, 0.1) is 24.9 Å². The van der Waals surface area contributed by atoms with Gasteiger partial charge in [-0.1, -0.05) is 53.0 Å². The zero-order valence-electron chi connectivity index (χ0n) is 25.4. The predicted molar refractivity (Wildman–Crippen MR) is 164 cm³/mol. The van der Waals surface area contributed by atoms with E-state index in [0.29, 0.717) is 17.8 Å². The van der Waals surface area contributed by atoms with Crippen LogP contribution in [0.5, 0.6) is 5.75 Å². The highest BCUT2D eigenvalue weighted by atomic mass is 19.2. The molecule has 2 unspecified atom stereocenters. The van der Waals surface area contributed by atoms with E-state index < -0.39 is 11.6 Å². The van der Waals surface area contributed by atoms with Gasteiger partial charge in [-0.05, 0) is 91.8 Å². The number of halogens is 2. The number of hydrogen-bond acceptors (Lipinski definition) is 4. The molecule has 0 spiro atoms. The number of nitrogens with zero attached hydrogens (tertiary/aromatic N) is 2. The number of carbonyl (C=O) groups is 1. The fourth-order valence-corrected chi connectivity index (χ4v) is 5.84. The van der Waals surface area contributed by atoms with Gasteiger partial charge in [0.1, 0.15) is 11.6 Å². The molecule has 7 heteroatoms. The van der Waals surface area contributed by atoms with Crippen molar-refractivity contribution in [3.63, 3.8) is 0 Å². The predicted octanol–water partition coefficient (Wildman–Crippen LogP) is 8.46. The maximum atomic E-state index is 13.5. The van der Waals surface area contributed by atoms with Crippen molar-refractivity contribution in [2.24, 2.45) is 21.3 Å². The highest BCUT2D eigenvalue weighted by molar-refractivity contribution is 5.98. The summed E-state index contributed by atoms with van der Waals surface area (Å²) in [5.74, 6) is -0.211. The Morgan fingerprint density at radius 2 is 1.93 bits per heavy atom. The van der Waals surface area contributed by atoms with E-state index in [2.05, 4.69) is 31.4 Å². The topological polar surface area (TPSA) is 63.0 Å². The van der Waals surface area contributed by atoms with E-state index >= 15 is 0 Å². The van der Waals surface area contributed by atoms with Crippen molar-refractivity contribution >= 4 is 23.7 Å². The fraction of sp³-hybridized carbons (Fsp3) is 0.500. The first kappa shape index (κ1) is 32.2. The summed E-state index contributed by atoms with van der Waals surface area (Å²) >= 11 is 0. The molecule has 0 radical (unpaired) electrons. The van der Waals surface area contributed by atoms with E-state index in [1.807, 2.05) is 26.0 Å². The van der Waals surface area contributed by atoms with E-state index in [-0.39, 0.29) is 17.7 Å². The number of amides is 1. The van der Waals surface area contributed by atoms with Crippen LogP contribution in [0.15, 0.2) is 52.1 Å². The highest BCUT2D eigenvalue weighted by Gasteiger charge is 2.30. The van der Waals surface area contributed by atoms with E-state index in [0.717, 1.165) is 59.2 Å². The Labute approximate surface area is 244 Å². The van der Waals surface area contributed by atoms with Crippen molar-refractivity contribution in [3.05, 3.63) is 70.4 Å². The second-order valence-electron chi connectivity index (χ2n) is 11.2. The molecule has 2 aromatic rings. The summed E-state index contributed by atoms with van der Waals surface area (Å²) < 4.78 is 32.2. The largest absolute Gasteiger partial charge is 0.497 e. The second-order valence-corrected chi connectivity index (χ2v) is 11.2. The summed E-state index contributed by atoms with van der Waals surface area (Å²) in [4.78, 5) is 22.3. The fourth-order valence-electron chi connectivity index (χ4n) is 5.84. The molecule has 0 aliphatic heterocycles. The lowest BCUT2D eigenvalue weighted by molar-refractivity contribution is -0.119. The average molecular weight is 566 g/mol. The number of fused-ring (bicyclic) bond motifs is 1. The normalized spacial score (nSPS) is 20.8. The molecule has 1 amide bonds. The summed E-state index contributed by atoms with van der Waals surface area (Å²) in [7, 11) is 1.66. The third-order valence-corrected chi connectivity index (χ3v) is 8.00. The van der Waals surface area contributed by atoms with Crippen LogP contribution in [-0.4, -0.2) is 25.1 Å². The zero-order valence-corrected chi connectivity index (χ0v) is 25.4. The van der Waals surface area contributed by atoms with Crippen LogP contribution >= 0.6 is 0 Å². The minimum Gasteiger partial charge on any atom is -0.497 e. The zero-order chi connectivity index (χ0) is 30.0. The molecule has 0 bridgehead atoms. The number of aryl methyl sites for hydroxylation is 1. The van der Waals surface area contributed by atoms with Gasteiger partial charge in [0.2, 0.25) is 5.91 Å². The molecule has 4 rings (SSSR count). The molecule has 1 saturated carbocycles. The molecular weight excluding hydrogens is 520 g/mol. The molecule has 0 heterocycles. The van der Waals surface area contributed by atoms with Crippen LogP contribution < -0.4 is 10.1 Å². The highest BCUT2D eigenvalue weighted by Crippen LogP contribution is 2.42. The minimum atomic E-state index is -0.969. The van der Waals surface area contributed by atoms with E-state index in [9.17, 15) is 13.6 Å². The number of nitrogens with one attached hydrogen (secondary N) is 1.